The van der Waals surface area contributed by atoms with E-state index < -0.39 is 0 Å². The van der Waals surface area contributed by atoms with E-state index in [0.29, 0.717) is 6.10 Å². The Bertz CT molecular complexity index is 129. The average Bonchev–Trinajstić information content (AvgIpc) is 2.17. The van der Waals surface area contributed by atoms with Crippen molar-refractivity contribution in [1.29, 1.82) is 0 Å². The van der Waals surface area contributed by atoms with Crippen molar-refractivity contribution in [3.63, 3.8) is 0 Å². The van der Waals surface area contributed by atoms with E-state index in [0.717, 1.165) is 6.61 Å². The molecular formula is C13H26O. The molecule has 0 fully saturated rings. The Hall–Kier alpha value is -0.300. The van der Waals surface area contributed by atoms with Crippen LogP contribution in [0.25, 0.3) is 0 Å². The van der Waals surface area contributed by atoms with Gasteiger partial charge in [-0.1, -0.05) is 31.4 Å². The van der Waals surface area contributed by atoms with Crippen molar-refractivity contribution in [3.8, 4) is 0 Å². The van der Waals surface area contributed by atoms with Gasteiger partial charge in [0, 0.05) is 6.61 Å². The molecule has 0 aliphatic heterocycles. The van der Waals surface area contributed by atoms with Gasteiger partial charge in [-0.15, -0.1) is 0 Å². The Morgan fingerprint density at radius 3 is 2.50 bits per heavy atom. The van der Waals surface area contributed by atoms with Gasteiger partial charge in [0.15, 0.2) is 0 Å². The SMILES string of the molecule is CC=CCCCCCCC(C)OCC. The summed E-state index contributed by atoms with van der Waals surface area (Å²) in [6.45, 7) is 7.17. The summed E-state index contributed by atoms with van der Waals surface area (Å²) in [5, 5.41) is 0. The second kappa shape index (κ2) is 10.8. The Balaban J connectivity index is 3.05. The first kappa shape index (κ1) is 13.7. The van der Waals surface area contributed by atoms with Crippen LogP contribution in [0.2, 0.25) is 0 Å². The standard InChI is InChI=1S/C13H26O/c1-4-6-7-8-9-10-11-12-13(3)14-5-2/h4,6,13H,5,7-12H2,1-3H3. The maximum Gasteiger partial charge on any atom is 0.0546 e. The van der Waals surface area contributed by atoms with Gasteiger partial charge in [0.2, 0.25) is 0 Å². The summed E-state index contributed by atoms with van der Waals surface area (Å²) in [5.74, 6) is 0. The van der Waals surface area contributed by atoms with Crippen LogP contribution in [0, 0.1) is 0 Å². The Labute approximate surface area is 89.5 Å². The van der Waals surface area contributed by atoms with E-state index in [1.165, 1.54) is 38.5 Å². The van der Waals surface area contributed by atoms with Gasteiger partial charge >= 0.3 is 0 Å². The van der Waals surface area contributed by atoms with Gasteiger partial charge in [0.25, 0.3) is 0 Å². The molecule has 0 aromatic carbocycles. The molecule has 0 aliphatic rings. The molecule has 0 radical (unpaired) electrons. The lowest BCUT2D eigenvalue weighted by atomic mass is 10.1. The third kappa shape index (κ3) is 9.79. The fraction of sp³-hybridized carbons (Fsp3) is 0.846. The molecule has 0 saturated heterocycles. The van der Waals surface area contributed by atoms with E-state index >= 15 is 0 Å². The van der Waals surface area contributed by atoms with Gasteiger partial charge in [0.05, 0.1) is 6.10 Å². The number of ether oxygens (including phenoxy) is 1. The van der Waals surface area contributed by atoms with Gasteiger partial charge < -0.3 is 4.74 Å². The molecule has 0 aromatic heterocycles. The largest absolute Gasteiger partial charge is 0.379 e. The fourth-order valence-electron chi connectivity index (χ4n) is 1.58. The molecule has 0 bridgehead atoms. The van der Waals surface area contributed by atoms with Gasteiger partial charge in [-0.05, 0) is 40.0 Å². The Kier molecular flexibility index (Phi) is 10.5. The molecule has 0 amide bonds. The van der Waals surface area contributed by atoms with E-state index in [-0.39, 0.29) is 0 Å². The lowest BCUT2D eigenvalue weighted by molar-refractivity contribution is 0.0684. The number of hydrogen-bond acceptors (Lipinski definition) is 1. The number of allylic oxidation sites excluding steroid dienone is 2. The zero-order valence-corrected chi connectivity index (χ0v) is 10.1. The summed E-state index contributed by atoms with van der Waals surface area (Å²) >= 11 is 0. The van der Waals surface area contributed by atoms with Crippen LogP contribution in [0.5, 0.6) is 0 Å². The molecule has 14 heavy (non-hydrogen) atoms. The molecule has 84 valence electrons. The monoisotopic (exact) mass is 198 g/mol. The van der Waals surface area contributed by atoms with Crippen LogP contribution in [-0.2, 0) is 4.74 Å². The second-order valence-electron chi connectivity index (χ2n) is 3.83. The number of hydrogen-bond donors (Lipinski definition) is 0. The van der Waals surface area contributed by atoms with E-state index in [2.05, 4.69) is 32.9 Å². The third-order valence-corrected chi connectivity index (χ3v) is 2.42. The third-order valence-electron chi connectivity index (χ3n) is 2.42. The van der Waals surface area contributed by atoms with Crippen molar-refractivity contribution in [2.24, 2.45) is 0 Å². The van der Waals surface area contributed by atoms with E-state index in [9.17, 15) is 0 Å². The minimum Gasteiger partial charge on any atom is -0.379 e. The van der Waals surface area contributed by atoms with Crippen molar-refractivity contribution < 1.29 is 4.74 Å². The highest BCUT2D eigenvalue weighted by molar-refractivity contribution is 4.76. The first-order valence-electron chi connectivity index (χ1n) is 6.04. The smallest absolute Gasteiger partial charge is 0.0546 e. The molecule has 0 spiro atoms. The molecule has 0 N–H and O–H groups in total. The predicted molar refractivity (Wildman–Crippen MR) is 63.6 cm³/mol. The number of unbranched alkanes of at least 4 members (excludes halogenated alkanes) is 4. The minimum atomic E-state index is 0.454. The maximum absolute atomic E-state index is 5.48. The van der Waals surface area contributed by atoms with Gasteiger partial charge in [0.1, 0.15) is 0 Å². The van der Waals surface area contributed by atoms with Crippen molar-refractivity contribution in [2.45, 2.75) is 65.4 Å². The van der Waals surface area contributed by atoms with E-state index in [1.54, 1.807) is 0 Å². The Morgan fingerprint density at radius 1 is 1.14 bits per heavy atom. The molecule has 0 aliphatic carbocycles. The first-order valence-corrected chi connectivity index (χ1v) is 6.04. The van der Waals surface area contributed by atoms with Gasteiger partial charge in [-0.3, -0.25) is 0 Å². The van der Waals surface area contributed by atoms with Crippen LogP contribution < -0.4 is 0 Å². The molecule has 1 atom stereocenters. The normalized spacial score (nSPS) is 13.6. The first-order chi connectivity index (χ1) is 6.81. The molecule has 1 heteroatoms. The Morgan fingerprint density at radius 2 is 1.86 bits per heavy atom. The highest BCUT2D eigenvalue weighted by Gasteiger charge is 1.99. The molecule has 0 heterocycles. The molecular weight excluding hydrogens is 172 g/mol. The van der Waals surface area contributed by atoms with E-state index in [1.807, 2.05) is 0 Å². The van der Waals surface area contributed by atoms with Gasteiger partial charge in [-0.25, -0.2) is 0 Å². The number of rotatable bonds is 9. The molecule has 1 unspecified atom stereocenters. The summed E-state index contributed by atoms with van der Waals surface area (Å²) in [4.78, 5) is 0. The summed E-state index contributed by atoms with van der Waals surface area (Å²) in [7, 11) is 0. The second-order valence-corrected chi connectivity index (χ2v) is 3.83. The van der Waals surface area contributed by atoms with Crippen LogP contribution in [0.1, 0.15) is 59.3 Å². The highest BCUT2D eigenvalue weighted by Crippen LogP contribution is 2.09. The molecule has 0 aromatic rings. The van der Waals surface area contributed by atoms with Crippen molar-refractivity contribution in [2.75, 3.05) is 6.61 Å². The zero-order chi connectivity index (χ0) is 10.6. The van der Waals surface area contributed by atoms with Crippen LogP contribution in [0.3, 0.4) is 0 Å². The maximum atomic E-state index is 5.48. The fourth-order valence-corrected chi connectivity index (χ4v) is 1.58. The minimum absolute atomic E-state index is 0.454. The summed E-state index contributed by atoms with van der Waals surface area (Å²) in [6, 6.07) is 0. The average molecular weight is 198 g/mol. The van der Waals surface area contributed by atoms with Crippen LogP contribution in [-0.4, -0.2) is 12.7 Å². The summed E-state index contributed by atoms with van der Waals surface area (Å²) in [6.07, 6.45) is 12.7. The topological polar surface area (TPSA) is 9.23 Å². The van der Waals surface area contributed by atoms with Gasteiger partial charge in [-0.2, -0.15) is 0 Å². The predicted octanol–water partition coefficient (Wildman–Crippen LogP) is 4.33. The molecule has 1 nitrogen and oxygen atoms in total. The molecule has 0 saturated carbocycles. The van der Waals surface area contributed by atoms with E-state index in [4.69, 9.17) is 4.74 Å². The quantitative estimate of drug-likeness (QED) is 0.396. The van der Waals surface area contributed by atoms with Crippen molar-refractivity contribution >= 4 is 0 Å². The lowest BCUT2D eigenvalue weighted by Crippen LogP contribution is -2.07. The van der Waals surface area contributed by atoms with Crippen molar-refractivity contribution in [1.82, 2.24) is 0 Å². The summed E-state index contributed by atoms with van der Waals surface area (Å²) < 4.78 is 5.48. The zero-order valence-electron chi connectivity index (χ0n) is 10.1. The summed E-state index contributed by atoms with van der Waals surface area (Å²) in [5.41, 5.74) is 0. The van der Waals surface area contributed by atoms with Crippen molar-refractivity contribution in [3.05, 3.63) is 12.2 Å². The highest BCUT2D eigenvalue weighted by atomic mass is 16.5. The molecule has 0 rings (SSSR count). The van der Waals surface area contributed by atoms with Crippen LogP contribution in [0.4, 0.5) is 0 Å². The van der Waals surface area contributed by atoms with Crippen LogP contribution >= 0.6 is 0 Å². The van der Waals surface area contributed by atoms with Crippen LogP contribution in [0.15, 0.2) is 12.2 Å². The lowest BCUT2D eigenvalue weighted by Gasteiger charge is -2.10.